The average molecular weight is 421 g/mol. The van der Waals surface area contributed by atoms with E-state index in [0.29, 0.717) is 20.9 Å². The molecule has 1 aromatic carbocycles. The molecule has 25 heavy (non-hydrogen) atoms. The second-order valence-electron chi connectivity index (χ2n) is 7.19. The van der Waals surface area contributed by atoms with Crippen molar-refractivity contribution in [2.75, 3.05) is 16.4 Å². The van der Waals surface area contributed by atoms with E-state index < -0.39 is 15.3 Å². The van der Waals surface area contributed by atoms with Crippen molar-refractivity contribution in [2.24, 2.45) is 10.4 Å². The van der Waals surface area contributed by atoms with E-state index in [9.17, 15) is 13.2 Å². The summed E-state index contributed by atoms with van der Waals surface area (Å²) in [5.74, 6) is -0.218. The quantitative estimate of drug-likeness (QED) is 0.693. The number of hydrogen-bond acceptors (Lipinski definition) is 4. The Kier molecular flexibility index (Phi) is 4.90. The van der Waals surface area contributed by atoms with Gasteiger partial charge in [0.15, 0.2) is 15.0 Å². The molecule has 0 aromatic heterocycles. The van der Waals surface area contributed by atoms with Crippen molar-refractivity contribution in [3.05, 3.63) is 28.2 Å². The molecule has 3 rings (SSSR count). The maximum Gasteiger partial charge on any atom is 0.253 e. The number of sulfone groups is 1. The number of anilines is 1. The van der Waals surface area contributed by atoms with Gasteiger partial charge in [-0.3, -0.25) is 4.79 Å². The molecule has 9 heteroatoms. The Morgan fingerprint density at radius 2 is 1.84 bits per heavy atom. The number of carbonyl (C=O) groups excluding carboxylic acids is 1. The molecule has 2 aliphatic heterocycles. The number of amidine groups is 1. The van der Waals surface area contributed by atoms with Crippen LogP contribution in [0.5, 0.6) is 0 Å². The summed E-state index contributed by atoms with van der Waals surface area (Å²) in [4.78, 5) is 18.4. The molecule has 1 aromatic rings. The van der Waals surface area contributed by atoms with Crippen molar-refractivity contribution in [3.63, 3.8) is 0 Å². The standard InChI is InChI=1S/C16H18Cl2N2O3S2/c1-16(2,3)14(21)19-15-20(13-9(17)5-4-6-10(13)18)11-7-25(22,23)8-12(11)24-15/h4-6,11-12H,7-8H2,1-3H3. The first-order valence-electron chi connectivity index (χ1n) is 7.73. The van der Waals surface area contributed by atoms with E-state index in [0.717, 1.165) is 0 Å². The van der Waals surface area contributed by atoms with E-state index in [4.69, 9.17) is 23.2 Å². The van der Waals surface area contributed by atoms with E-state index in [1.54, 1.807) is 43.9 Å². The highest BCUT2D eigenvalue weighted by Crippen LogP contribution is 2.45. The first-order valence-corrected chi connectivity index (χ1v) is 11.2. The maximum atomic E-state index is 12.4. The monoisotopic (exact) mass is 420 g/mol. The molecule has 2 fully saturated rings. The summed E-state index contributed by atoms with van der Waals surface area (Å²) in [6, 6.07) is 4.76. The third kappa shape index (κ3) is 3.70. The summed E-state index contributed by atoms with van der Waals surface area (Å²) in [7, 11) is -3.14. The third-order valence-electron chi connectivity index (χ3n) is 4.08. The van der Waals surface area contributed by atoms with Crippen molar-refractivity contribution in [2.45, 2.75) is 32.1 Å². The predicted octanol–water partition coefficient (Wildman–Crippen LogP) is 3.64. The van der Waals surface area contributed by atoms with E-state index in [1.165, 1.54) is 11.8 Å². The second-order valence-corrected chi connectivity index (χ2v) is 11.4. The molecule has 0 bridgehead atoms. The van der Waals surface area contributed by atoms with Gasteiger partial charge in [0.25, 0.3) is 5.91 Å². The smallest absolute Gasteiger partial charge is 0.253 e. The first-order chi connectivity index (χ1) is 11.5. The molecular weight excluding hydrogens is 403 g/mol. The summed E-state index contributed by atoms with van der Waals surface area (Å²) in [6.45, 7) is 5.37. The Hall–Kier alpha value is -0.760. The number of thioether (sulfide) groups is 1. The fourth-order valence-electron chi connectivity index (χ4n) is 2.80. The average Bonchev–Trinajstić information content (AvgIpc) is 2.90. The summed E-state index contributed by atoms with van der Waals surface area (Å²) < 4.78 is 24.1. The van der Waals surface area contributed by atoms with Gasteiger partial charge < -0.3 is 4.90 Å². The molecule has 1 amide bonds. The van der Waals surface area contributed by atoms with Gasteiger partial charge in [0.1, 0.15) is 0 Å². The lowest BCUT2D eigenvalue weighted by Crippen LogP contribution is -2.38. The number of nitrogens with zero attached hydrogens (tertiary/aromatic N) is 2. The molecule has 5 nitrogen and oxygen atoms in total. The Morgan fingerprint density at radius 3 is 2.40 bits per heavy atom. The van der Waals surface area contributed by atoms with Crippen LogP contribution in [0, 0.1) is 5.41 Å². The summed E-state index contributed by atoms with van der Waals surface area (Å²) >= 11 is 14.0. The molecule has 2 unspecified atom stereocenters. The number of rotatable bonds is 1. The first kappa shape index (κ1) is 19.0. The highest BCUT2D eigenvalue weighted by molar-refractivity contribution is 8.16. The van der Waals surface area contributed by atoms with Crippen LogP contribution in [-0.4, -0.2) is 42.3 Å². The summed E-state index contributed by atoms with van der Waals surface area (Å²) in [5.41, 5.74) is -0.129. The molecule has 0 radical (unpaired) electrons. The number of fused-ring (bicyclic) bond motifs is 1. The fourth-order valence-corrected chi connectivity index (χ4v) is 7.28. The lowest BCUT2D eigenvalue weighted by Gasteiger charge is -2.27. The second kappa shape index (κ2) is 6.44. The van der Waals surface area contributed by atoms with Gasteiger partial charge in [-0.15, -0.1) is 0 Å². The Labute approximate surface area is 161 Å². The van der Waals surface area contributed by atoms with Gasteiger partial charge in [-0.05, 0) is 12.1 Å². The molecule has 0 aliphatic carbocycles. The minimum absolute atomic E-state index is 0.00501. The molecule has 0 spiro atoms. The topological polar surface area (TPSA) is 66.8 Å². The fraction of sp³-hybridized carbons (Fsp3) is 0.500. The minimum Gasteiger partial charge on any atom is -0.313 e. The number of carbonyl (C=O) groups is 1. The van der Waals surface area contributed by atoms with Crippen molar-refractivity contribution < 1.29 is 13.2 Å². The van der Waals surface area contributed by atoms with E-state index in [2.05, 4.69) is 4.99 Å². The predicted molar refractivity (Wildman–Crippen MR) is 105 cm³/mol. The molecule has 136 valence electrons. The zero-order valence-corrected chi connectivity index (χ0v) is 17.1. The highest BCUT2D eigenvalue weighted by atomic mass is 35.5. The normalized spacial score (nSPS) is 26.9. The number of aliphatic imine (C=N–C) groups is 1. The molecule has 0 N–H and O–H groups in total. The van der Waals surface area contributed by atoms with E-state index in [1.807, 2.05) is 0 Å². The minimum atomic E-state index is -3.14. The highest BCUT2D eigenvalue weighted by Gasteiger charge is 2.50. The van der Waals surface area contributed by atoms with Gasteiger partial charge in [-0.25, -0.2) is 8.42 Å². The molecule has 0 saturated carbocycles. The number of para-hydroxylation sites is 1. The Bertz CT molecular complexity index is 842. The lowest BCUT2D eigenvalue weighted by molar-refractivity contribution is -0.124. The van der Waals surface area contributed by atoms with Crippen LogP contribution >= 0.6 is 35.0 Å². The van der Waals surface area contributed by atoms with Crippen LogP contribution in [0.4, 0.5) is 5.69 Å². The lowest BCUT2D eigenvalue weighted by atomic mass is 9.96. The molecule has 2 heterocycles. The van der Waals surface area contributed by atoms with Gasteiger partial charge in [0, 0.05) is 10.7 Å². The number of benzene rings is 1. The zero-order chi connectivity index (χ0) is 18.6. The van der Waals surface area contributed by atoms with Crippen LogP contribution < -0.4 is 4.90 Å². The van der Waals surface area contributed by atoms with Crippen molar-refractivity contribution >= 4 is 61.6 Å². The van der Waals surface area contributed by atoms with Gasteiger partial charge in [0.05, 0.1) is 33.3 Å². The summed E-state index contributed by atoms with van der Waals surface area (Å²) in [6.07, 6.45) is 0. The van der Waals surface area contributed by atoms with Crippen LogP contribution in [0.3, 0.4) is 0 Å². The van der Waals surface area contributed by atoms with E-state index >= 15 is 0 Å². The molecular formula is C16H18Cl2N2O3S2. The summed E-state index contributed by atoms with van der Waals surface area (Å²) in [5, 5.41) is 1.06. The number of amides is 1. The Balaban J connectivity index is 2.11. The third-order valence-corrected chi connectivity index (χ3v) is 7.90. The van der Waals surface area contributed by atoms with Crippen LogP contribution in [-0.2, 0) is 14.6 Å². The Morgan fingerprint density at radius 1 is 1.24 bits per heavy atom. The van der Waals surface area contributed by atoms with Crippen LogP contribution in [0.15, 0.2) is 23.2 Å². The number of halogens is 2. The maximum absolute atomic E-state index is 12.4. The zero-order valence-electron chi connectivity index (χ0n) is 14.0. The van der Waals surface area contributed by atoms with Crippen LogP contribution in [0.2, 0.25) is 10.0 Å². The van der Waals surface area contributed by atoms with Gasteiger partial charge in [-0.1, -0.05) is 61.8 Å². The van der Waals surface area contributed by atoms with Crippen LogP contribution in [0.1, 0.15) is 20.8 Å². The van der Waals surface area contributed by atoms with Gasteiger partial charge in [-0.2, -0.15) is 4.99 Å². The molecule has 2 saturated heterocycles. The molecule has 2 aliphatic rings. The van der Waals surface area contributed by atoms with Crippen molar-refractivity contribution in [1.29, 1.82) is 0 Å². The SMILES string of the molecule is CC(C)(C)C(=O)N=C1SC2CS(=O)(=O)CC2N1c1c(Cl)cccc1Cl. The van der Waals surface area contributed by atoms with Gasteiger partial charge in [0.2, 0.25) is 0 Å². The van der Waals surface area contributed by atoms with Crippen LogP contribution in [0.25, 0.3) is 0 Å². The van der Waals surface area contributed by atoms with E-state index in [-0.39, 0.29) is 28.7 Å². The van der Waals surface area contributed by atoms with Gasteiger partial charge >= 0.3 is 0 Å². The number of hydrogen-bond donors (Lipinski definition) is 0. The largest absolute Gasteiger partial charge is 0.313 e. The van der Waals surface area contributed by atoms with Crippen molar-refractivity contribution in [1.82, 2.24) is 0 Å². The molecule has 2 atom stereocenters. The van der Waals surface area contributed by atoms with Crippen molar-refractivity contribution in [3.8, 4) is 0 Å².